The molecule has 1 heterocycles. The zero-order chi connectivity index (χ0) is 32.5. The standard InChI is InChI=1S/C31H30ClF2N3O6S2/c1-43-25-13-6-19(18-4-9-22(10-5-18)45(35,41)42)14-20(25)16-37(21-7-2-17(3-8-21)15-36-31(39)40)30(38)29-27(32)26-23(33)11-12-24(34)28(26)44-29/h4-6,9-14,17,21,36H,2-3,7-8,15-16H2,1H3,(H,39,40)(H2,35,41,42). The molecule has 0 atom stereocenters. The Morgan fingerprint density at radius 3 is 2.29 bits per heavy atom. The Bertz CT molecular complexity index is 1860. The highest BCUT2D eigenvalue weighted by Gasteiger charge is 2.33. The number of primary sulfonamides is 1. The van der Waals surface area contributed by atoms with E-state index in [9.17, 15) is 26.8 Å². The van der Waals surface area contributed by atoms with Crippen LogP contribution in [0.5, 0.6) is 5.75 Å². The molecule has 3 aromatic carbocycles. The van der Waals surface area contributed by atoms with E-state index in [-0.39, 0.29) is 43.4 Å². The summed E-state index contributed by atoms with van der Waals surface area (Å²) in [5.74, 6) is -1.30. The molecule has 5 rings (SSSR count). The Morgan fingerprint density at radius 2 is 1.69 bits per heavy atom. The molecule has 1 aromatic heterocycles. The maximum absolute atomic E-state index is 14.7. The van der Waals surface area contributed by atoms with E-state index in [2.05, 4.69) is 5.32 Å². The third-order valence-corrected chi connectivity index (χ3v) is 10.7. The van der Waals surface area contributed by atoms with E-state index in [1.165, 1.54) is 19.2 Å². The Kier molecular flexibility index (Phi) is 9.63. The molecule has 2 amide bonds. The first-order valence-electron chi connectivity index (χ1n) is 14.0. The molecule has 1 saturated carbocycles. The fourth-order valence-corrected chi connectivity index (χ4v) is 7.75. The second-order valence-electron chi connectivity index (χ2n) is 10.9. The Labute approximate surface area is 267 Å². The number of carbonyl (C=O) groups excluding carboxylic acids is 1. The van der Waals surface area contributed by atoms with Gasteiger partial charge < -0.3 is 20.1 Å². The van der Waals surface area contributed by atoms with E-state index in [0.717, 1.165) is 29.0 Å². The summed E-state index contributed by atoms with van der Waals surface area (Å²) in [7, 11) is -2.37. The largest absolute Gasteiger partial charge is 0.496 e. The molecule has 0 saturated heterocycles. The lowest BCUT2D eigenvalue weighted by molar-refractivity contribution is 0.0592. The second-order valence-corrected chi connectivity index (χ2v) is 13.8. The van der Waals surface area contributed by atoms with Crippen molar-refractivity contribution in [3.63, 3.8) is 0 Å². The number of hydrogen-bond acceptors (Lipinski definition) is 6. The predicted molar refractivity (Wildman–Crippen MR) is 168 cm³/mol. The molecule has 9 nitrogen and oxygen atoms in total. The van der Waals surface area contributed by atoms with Gasteiger partial charge in [-0.15, -0.1) is 11.3 Å². The molecule has 0 radical (unpaired) electrons. The first-order chi connectivity index (χ1) is 21.4. The van der Waals surface area contributed by atoms with Crippen molar-refractivity contribution in [1.82, 2.24) is 10.2 Å². The number of hydrogen-bond donors (Lipinski definition) is 3. The van der Waals surface area contributed by atoms with Gasteiger partial charge >= 0.3 is 6.09 Å². The van der Waals surface area contributed by atoms with Crippen molar-refractivity contribution in [3.05, 3.63) is 81.7 Å². The van der Waals surface area contributed by atoms with Gasteiger partial charge in [-0.2, -0.15) is 0 Å². The van der Waals surface area contributed by atoms with Crippen LogP contribution in [0.4, 0.5) is 13.6 Å². The minimum absolute atomic E-state index is 0.0130. The number of nitrogens with zero attached hydrogens (tertiary/aromatic N) is 1. The van der Waals surface area contributed by atoms with Crippen LogP contribution < -0.4 is 15.2 Å². The average Bonchev–Trinajstić information content (AvgIpc) is 3.38. The number of nitrogens with two attached hydrogens (primary N) is 1. The number of carbonyl (C=O) groups is 2. The third kappa shape index (κ3) is 7.06. The lowest BCUT2D eigenvalue weighted by Gasteiger charge is -2.37. The van der Waals surface area contributed by atoms with E-state index in [0.29, 0.717) is 49.1 Å². The van der Waals surface area contributed by atoms with Crippen LogP contribution in [-0.4, -0.2) is 50.1 Å². The van der Waals surface area contributed by atoms with Gasteiger partial charge in [0.05, 0.1) is 27.1 Å². The first kappa shape index (κ1) is 32.6. The summed E-state index contributed by atoms with van der Waals surface area (Å²) < 4.78 is 58.4. The van der Waals surface area contributed by atoms with Crippen LogP contribution in [0.1, 0.15) is 40.9 Å². The lowest BCUT2D eigenvalue weighted by atomic mass is 9.85. The van der Waals surface area contributed by atoms with Gasteiger partial charge in [0.25, 0.3) is 5.91 Å². The van der Waals surface area contributed by atoms with Crippen molar-refractivity contribution < 1.29 is 36.6 Å². The molecule has 4 N–H and O–H groups in total. The predicted octanol–water partition coefficient (Wildman–Crippen LogP) is 6.62. The molecule has 238 valence electrons. The van der Waals surface area contributed by atoms with Crippen LogP contribution in [0.15, 0.2) is 59.5 Å². The molecular weight excluding hydrogens is 648 g/mol. The molecule has 14 heteroatoms. The number of halogens is 3. The van der Waals surface area contributed by atoms with Gasteiger partial charge in [0.2, 0.25) is 10.0 Å². The number of amides is 2. The third-order valence-electron chi connectivity index (χ3n) is 8.07. The Hall–Kier alpha value is -3.78. The smallest absolute Gasteiger partial charge is 0.404 e. The molecule has 1 aliphatic rings. The minimum atomic E-state index is -3.87. The number of methoxy groups -OCH3 is 1. The normalized spacial score (nSPS) is 16.8. The van der Waals surface area contributed by atoms with Crippen molar-refractivity contribution in [1.29, 1.82) is 0 Å². The van der Waals surface area contributed by atoms with Gasteiger partial charge in [0.1, 0.15) is 22.3 Å². The van der Waals surface area contributed by atoms with Crippen LogP contribution in [0.2, 0.25) is 5.02 Å². The van der Waals surface area contributed by atoms with Crippen LogP contribution in [0.25, 0.3) is 21.2 Å². The highest BCUT2D eigenvalue weighted by Crippen LogP contribution is 2.41. The average molecular weight is 678 g/mol. The number of sulfonamides is 1. The van der Waals surface area contributed by atoms with E-state index in [1.54, 1.807) is 29.2 Å². The van der Waals surface area contributed by atoms with E-state index in [1.807, 2.05) is 6.07 Å². The molecule has 0 spiro atoms. The summed E-state index contributed by atoms with van der Waals surface area (Å²) in [6.45, 7) is 0.375. The van der Waals surface area contributed by atoms with Gasteiger partial charge in [0.15, 0.2) is 0 Å². The quantitative estimate of drug-likeness (QED) is 0.182. The number of nitrogens with one attached hydrogen (secondary N) is 1. The molecule has 1 aliphatic carbocycles. The van der Waals surface area contributed by atoms with Gasteiger partial charge in [0, 0.05) is 24.7 Å². The molecule has 0 bridgehead atoms. The number of carboxylic acid groups (broad SMARTS) is 1. The maximum atomic E-state index is 14.7. The summed E-state index contributed by atoms with van der Waals surface area (Å²) in [6, 6.07) is 13.1. The Morgan fingerprint density at radius 1 is 1.04 bits per heavy atom. The number of fused-ring (bicyclic) bond motifs is 1. The van der Waals surface area contributed by atoms with Gasteiger partial charge in [-0.3, -0.25) is 4.79 Å². The van der Waals surface area contributed by atoms with Gasteiger partial charge in [-0.1, -0.05) is 29.8 Å². The van der Waals surface area contributed by atoms with Crippen LogP contribution in [-0.2, 0) is 16.6 Å². The summed E-state index contributed by atoms with van der Waals surface area (Å²) in [4.78, 5) is 26.9. The maximum Gasteiger partial charge on any atom is 0.404 e. The van der Waals surface area contributed by atoms with Crippen molar-refractivity contribution in [2.45, 2.75) is 43.2 Å². The summed E-state index contributed by atoms with van der Waals surface area (Å²) in [5, 5.41) is 16.4. The van der Waals surface area contributed by atoms with Crippen molar-refractivity contribution in [3.8, 4) is 16.9 Å². The highest BCUT2D eigenvalue weighted by atomic mass is 35.5. The molecule has 45 heavy (non-hydrogen) atoms. The molecular formula is C31H30ClF2N3O6S2. The zero-order valence-electron chi connectivity index (χ0n) is 24.1. The van der Waals surface area contributed by atoms with Crippen LogP contribution in [0.3, 0.4) is 0 Å². The van der Waals surface area contributed by atoms with Gasteiger partial charge in [-0.05, 0) is 79.1 Å². The van der Waals surface area contributed by atoms with Crippen molar-refractivity contribution in [2.75, 3.05) is 13.7 Å². The summed E-state index contributed by atoms with van der Waals surface area (Å²) >= 11 is 7.33. The van der Waals surface area contributed by atoms with Gasteiger partial charge in [-0.25, -0.2) is 27.1 Å². The van der Waals surface area contributed by atoms with Crippen molar-refractivity contribution >= 4 is 55.0 Å². The number of rotatable bonds is 9. The summed E-state index contributed by atoms with van der Waals surface area (Å²) in [5.41, 5.74) is 2.07. The zero-order valence-corrected chi connectivity index (χ0v) is 26.4. The number of thiophene rings is 1. The topological polar surface area (TPSA) is 139 Å². The van der Waals surface area contributed by atoms with Crippen LogP contribution >= 0.6 is 22.9 Å². The van der Waals surface area contributed by atoms with Crippen LogP contribution in [0, 0.1) is 17.6 Å². The van der Waals surface area contributed by atoms with E-state index < -0.39 is 33.7 Å². The fraction of sp³-hybridized carbons (Fsp3) is 0.290. The second kappa shape index (κ2) is 13.3. The fourth-order valence-electron chi connectivity index (χ4n) is 5.73. The number of ether oxygens (including phenoxy) is 1. The monoisotopic (exact) mass is 677 g/mol. The molecule has 0 unspecified atom stereocenters. The first-order valence-corrected chi connectivity index (χ1v) is 16.7. The molecule has 0 aliphatic heterocycles. The lowest BCUT2D eigenvalue weighted by Crippen LogP contribution is -2.43. The van der Waals surface area contributed by atoms with E-state index >= 15 is 0 Å². The SMILES string of the molecule is COc1ccc(-c2ccc(S(N)(=O)=O)cc2)cc1CN(C(=O)c1sc2c(F)ccc(F)c2c1Cl)C1CCC(CNC(=O)O)CC1. The Balaban J connectivity index is 1.51. The molecule has 1 fully saturated rings. The molecule has 4 aromatic rings. The highest BCUT2D eigenvalue weighted by molar-refractivity contribution is 7.89. The number of benzene rings is 3. The van der Waals surface area contributed by atoms with E-state index in [4.69, 9.17) is 26.6 Å². The summed E-state index contributed by atoms with van der Waals surface area (Å²) in [6.07, 6.45) is 1.36. The van der Waals surface area contributed by atoms with Crippen molar-refractivity contribution in [2.24, 2.45) is 11.1 Å². The minimum Gasteiger partial charge on any atom is -0.496 e.